The van der Waals surface area contributed by atoms with Crippen molar-refractivity contribution < 1.29 is 19.1 Å². The second-order valence-electron chi connectivity index (χ2n) is 7.39. The molecule has 0 saturated heterocycles. The van der Waals surface area contributed by atoms with Crippen molar-refractivity contribution in [2.24, 2.45) is 0 Å². The minimum absolute atomic E-state index is 0.0241. The maximum absolute atomic E-state index is 13.0. The lowest BCUT2D eigenvalue weighted by Crippen LogP contribution is -2.32. The lowest BCUT2D eigenvalue weighted by Gasteiger charge is -2.22. The summed E-state index contributed by atoms with van der Waals surface area (Å²) in [4.78, 5) is 27.1. The van der Waals surface area contributed by atoms with E-state index in [4.69, 9.17) is 9.47 Å². The fourth-order valence-electron chi connectivity index (χ4n) is 3.24. The molecule has 1 aliphatic carbocycles. The number of methoxy groups -OCH3 is 1. The van der Waals surface area contributed by atoms with Crippen molar-refractivity contribution in [2.75, 3.05) is 19.0 Å². The Labute approximate surface area is 185 Å². The van der Waals surface area contributed by atoms with Crippen molar-refractivity contribution in [2.45, 2.75) is 25.4 Å². The van der Waals surface area contributed by atoms with Gasteiger partial charge in [-0.3, -0.25) is 9.59 Å². The fourth-order valence-corrected chi connectivity index (χ4v) is 3.90. The van der Waals surface area contributed by atoms with Gasteiger partial charge in [0.25, 0.3) is 11.8 Å². The molecule has 1 aromatic heterocycles. The van der Waals surface area contributed by atoms with Gasteiger partial charge in [0.2, 0.25) is 0 Å². The van der Waals surface area contributed by atoms with Gasteiger partial charge in [0.15, 0.2) is 6.61 Å². The molecule has 0 radical (unpaired) electrons. The SMILES string of the molecule is COc1cccc(NC(=O)COc2ccc(C(=O)N(Cc3ccsc3)C3CC3)cc2)c1. The molecule has 31 heavy (non-hydrogen) atoms. The summed E-state index contributed by atoms with van der Waals surface area (Å²) < 4.78 is 10.7. The standard InChI is InChI=1S/C24H24N2O4S/c1-29-22-4-2-3-19(13-22)25-23(27)15-30-21-9-5-18(6-10-21)24(28)26(20-7-8-20)14-17-11-12-31-16-17/h2-6,9-13,16,20H,7-8,14-15H2,1H3,(H,25,27). The Morgan fingerprint density at radius 1 is 1.10 bits per heavy atom. The number of thiophene rings is 1. The molecule has 3 aromatic rings. The van der Waals surface area contributed by atoms with E-state index in [1.165, 1.54) is 0 Å². The van der Waals surface area contributed by atoms with Crippen LogP contribution in [-0.4, -0.2) is 36.5 Å². The first-order valence-corrected chi connectivity index (χ1v) is 11.1. The van der Waals surface area contributed by atoms with Crippen molar-refractivity contribution in [3.05, 3.63) is 76.5 Å². The number of nitrogens with one attached hydrogen (secondary N) is 1. The maximum atomic E-state index is 13.0. The molecule has 1 N–H and O–H groups in total. The number of hydrogen-bond donors (Lipinski definition) is 1. The topological polar surface area (TPSA) is 67.9 Å². The third kappa shape index (κ3) is 5.64. The minimum atomic E-state index is -0.274. The zero-order chi connectivity index (χ0) is 21.6. The predicted octanol–water partition coefficient (Wildman–Crippen LogP) is 4.58. The number of carbonyl (C=O) groups excluding carboxylic acids is 2. The van der Waals surface area contributed by atoms with Gasteiger partial charge in [-0.15, -0.1) is 0 Å². The molecule has 1 fully saturated rings. The molecule has 0 spiro atoms. The van der Waals surface area contributed by atoms with Crippen molar-refractivity contribution in [3.63, 3.8) is 0 Å². The lowest BCUT2D eigenvalue weighted by atomic mass is 10.1. The zero-order valence-corrected chi connectivity index (χ0v) is 18.1. The molecule has 2 amide bonds. The van der Waals surface area contributed by atoms with Crippen LogP contribution in [0.1, 0.15) is 28.8 Å². The van der Waals surface area contributed by atoms with Crippen LogP contribution in [0.2, 0.25) is 0 Å². The van der Waals surface area contributed by atoms with Gasteiger partial charge in [0.1, 0.15) is 11.5 Å². The van der Waals surface area contributed by atoms with Crippen molar-refractivity contribution >= 4 is 28.8 Å². The van der Waals surface area contributed by atoms with E-state index < -0.39 is 0 Å². The number of hydrogen-bond acceptors (Lipinski definition) is 5. The molecule has 0 atom stereocenters. The van der Waals surface area contributed by atoms with Crippen molar-refractivity contribution in [1.82, 2.24) is 4.90 Å². The van der Waals surface area contributed by atoms with Crippen LogP contribution in [0.3, 0.4) is 0 Å². The molecule has 7 heteroatoms. The summed E-state index contributed by atoms with van der Waals surface area (Å²) in [6.45, 7) is 0.507. The normalized spacial score (nSPS) is 12.8. The Bertz CT molecular complexity index is 1030. The maximum Gasteiger partial charge on any atom is 0.262 e. The minimum Gasteiger partial charge on any atom is -0.497 e. The Kier molecular flexibility index (Phi) is 6.52. The highest BCUT2D eigenvalue weighted by molar-refractivity contribution is 7.07. The van der Waals surface area contributed by atoms with Crippen LogP contribution in [0.4, 0.5) is 5.69 Å². The Hall–Kier alpha value is -3.32. The van der Waals surface area contributed by atoms with Crippen LogP contribution >= 0.6 is 11.3 Å². The molecular weight excluding hydrogens is 412 g/mol. The van der Waals surface area contributed by atoms with Gasteiger partial charge in [-0.2, -0.15) is 11.3 Å². The Morgan fingerprint density at radius 2 is 1.90 bits per heavy atom. The number of carbonyl (C=O) groups is 2. The van der Waals surface area contributed by atoms with E-state index in [0.717, 1.165) is 18.4 Å². The number of benzene rings is 2. The molecule has 0 bridgehead atoms. The monoisotopic (exact) mass is 436 g/mol. The van der Waals surface area contributed by atoms with Gasteiger partial charge in [0.05, 0.1) is 7.11 Å². The van der Waals surface area contributed by atoms with E-state index >= 15 is 0 Å². The van der Waals surface area contributed by atoms with Gasteiger partial charge < -0.3 is 19.7 Å². The second-order valence-corrected chi connectivity index (χ2v) is 8.17. The molecule has 1 heterocycles. The van der Waals surface area contributed by atoms with Gasteiger partial charge in [-0.05, 0) is 71.6 Å². The van der Waals surface area contributed by atoms with Gasteiger partial charge in [0, 0.05) is 29.9 Å². The number of ether oxygens (including phenoxy) is 2. The summed E-state index contributed by atoms with van der Waals surface area (Å²) in [6.07, 6.45) is 2.11. The van der Waals surface area contributed by atoms with Gasteiger partial charge in [-0.1, -0.05) is 6.07 Å². The highest BCUT2D eigenvalue weighted by atomic mass is 32.1. The summed E-state index contributed by atoms with van der Waals surface area (Å²) in [6, 6.07) is 16.4. The van der Waals surface area contributed by atoms with Crippen LogP contribution in [0.25, 0.3) is 0 Å². The summed E-state index contributed by atoms with van der Waals surface area (Å²) >= 11 is 1.64. The van der Waals surface area contributed by atoms with Crippen molar-refractivity contribution in [1.29, 1.82) is 0 Å². The molecule has 1 saturated carbocycles. The Balaban J connectivity index is 1.32. The third-order valence-corrected chi connectivity index (χ3v) is 5.74. The van der Waals surface area contributed by atoms with Crippen LogP contribution < -0.4 is 14.8 Å². The van der Waals surface area contributed by atoms with E-state index in [0.29, 0.717) is 35.3 Å². The highest BCUT2D eigenvalue weighted by Gasteiger charge is 2.33. The molecule has 6 nitrogen and oxygen atoms in total. The number of nitrogens with zero attached hydrogens (tertiary/aromatic N) is 1. The fraction of sp³-hybridized carbons (Fsp3) is 0.250. The van der Waals surface area contributed by atoms with E-state index in [9.17, 15) is 9.59 Å². The first kappa shape index (κ1) is 20.9. The van der Waals surface area contributed by atoms with E-state index in [2.05, 4.69) is 16.8 Å². The summed E-state index contributed by atoms with van der Waals surface area (Å²) in [5.74, 6) is 0.950. The first-order chi connectivity index (χ1) is 15.1. The molecular formula is C24H24N2O4S. The number of amides is 2. The second kappa shape index (κ2) is 9.66. The zero-order valence-electron chi connectivity index (χ0n) is 17.2. The van der Waals surface area contributed by atoms with Crippen LogP contribution in [0.5, 0.6) is 11.5 Å². The number of anilines is 1. The molecule has 2 aromatic carbocycles. The van der Waals surface area contributed by atoms with Gasteiger partial charge in [-0.25, -0.2) is 0 Å². The number of rotatable bonds is 9. The molecule has 0 aliphatic heterocycles. The largest absolute Gasteiger partial charge is 0.497 e. The summed E-state index contributed by atoms with van der Waals surface area (Å²) in [5, 5.41) is 6.88. The third-order valence-electron chi connectivity index (χ3n) is 5.01. The lowest BCUT2D eigenvalue weighted by molar-refractivity contribution is -0.118. The van der Waals surface area contributed by atoms with Crippen molar-refractivity contribution in [3.8, 4) is 11.5 Å². The van der Waals surface area contributed by atoms with Crippen LogP contribution in [0, 0.1) is 0 Å². The smallest absolute Gasteiger partial charge is 0.262 e. The predicted molar refractivity (Wildman–Crippen MR) is 121 cm³/mol. The van der Waals surface area contributed by atoms with E-state index in [-0.39, 0.29) is 18.4 Å². The molecule has 160 valence electrons. The quantitative estimate of drug-likeness (QED) is 0.533. The van der Waals surface area contributed by atoms with Crippen LogP contribution in [-0.2, 0) is 11.3 Å². The molecule has 4 rings (SSSR count). The summed E-state index contributed by atoms with van der Waals surface area (Å²) in [5.41, 5.74) is 2.42. The Morgan fingerprint density at radius 3 is 2.58 bits per heavy atom. The molecule has 0 unspecified atom stereocenters. The highest BCUT2D eigenvalue weighted by Crippen LogP contribution is 2.30. The first-order valence-electron chi connectivity index (χ1n) is 10.1. The van der Waals surface area contributed by atoms with E-state index in [1.807, 2.05) is 10.3 Å². The average Bonchev–Trinajstić information content (AvgIpc) is 3.51. The van der Waals surface area contributed by atoms with Gasteiger partial charge >= 0.3 is 0 Å². The molecule has 1 aliphatic rings. The summed E-state index contributed by atoms with van der Waals surface area (Å²) in [7, 11) is 1.57. The average molecular weight is 437 g/mol. The van der Waals surface area contributed by atoms with E-state index in [1.54, 1.807) is 67.0 Å². The van der Waals surface area contributed by atoms with Crippen LogP contribution in [0.15, 0.2) is 65.4 Å².